The summed E-state index contributed by atoms with van der Waals surface area (Å²) in [7, 11) is 0. The molecule has 1 aromatic rings. The van der Waals surface area contributed by atoms with E-state index >= 15 is 0 Å². The predicted octanol–water partition coefficient (Wildman–Crippen LogP) is 1.98. The number of hydrogen-bond acceptors (Lipinski definition) is 4. The molecular weight excluding hydrogens is 266 g/mol. The third kappa shape index (κ3) is 3.20. The van der Waals surface area contributed by atoms with Gasteiger partial charge in [0.05, 0.1) is 36.1 Å². The Morgan fingerprint density at radius 1 is 1.53 bits per heavy atom. The summed E-state index contributed by atoms with van der Waals surface area (Å²) in [4.78, 5) is 2.14. The van der Waals surface area contributed by atoms with Crippen LogP contribution in [0.5, 0.6) is 0 Å². The molecule has 106 valence electrons. The van der Waals surface area contributed by atoms with Crippen LogP contribution in [0.2, 0.25) is 5.02 Å². The summed E-state index contributed by atoms with van der Waals surface area (Å²) in [6, 6.07) is 5.79. The lowest BCUT2D eigenvalue weighted by molar-refractivity contribution is -0.0103. The first-order valence-corrected chi connectivity index (χ1v) is 6.87. The minimum absolute atomic E-state index is 0.00654. The lowest BCUT2D eigenvalue weighted by Crippen LogP contribution is -2.49. The van der Waals surface area contributed by atoms with Crippen molar-refractivity contribution >= 4 is 17.3 Å². The van der Waals surface area contributed by atoms with E-state index in [1.165, 1.54) is 0 Å². The number of nitrogens with zero attached hydrogens (tertiary/aromatic N) is 1. The first kappa shape index (κ1) is 14.6. The van der Waals surface area contributed by atoms with Gasteiger partial charge in [-0.3, -0.25) is 0 Å². The molecule has 2 N–H and O–H groups in total. The third-order valence-corrected chi connectivity index (χ3v) is 3.78. The van der Waals surface area contributed by atoms with Crippen molar-refractivity contribution in [3.05, 3.63) is 28.8 Å². The molecule has 0 bridgehead atoms. The van der Waals surface area contributed by atoms with Gasteiger partial charge in [0.25, 0.3) is 0 Å². The standard InChI is InChI=1S/C14H20ClNO3/c1-9-8-19-12(7-17)6-16(9)14-4-3-11(10(2)18)5-13(14)15/h3-5,9-10,12,17-18H,6-8H2,1-2H3. The van der Waals surface area contributed by atoms with E-state index in [0.29, 0.717) is 18.2 Å². The van der Waals surface area contributed by atoms with Crippen molar-refractivity contribution in [2.75, 3.05) is 24.7 Å². The Morgan fingerprint density at radius 3 is 2.84 bits per heavy atom. The molecule has 1 aromatic carbocycles. The molecule has 3 unspecified atom stereocenters. The van der Waals surface area contributed by atoms with Crippen LogP contribution in [-0.4, -0.2) is 42.1 Å². The zero-order valence-corrected chi connectivity index (χ0v) is 12.0. The average molecular weight is 286 g/mol. The molecule has 0 aromatic heterocycles. The van der Waals surface area contributed by atoms with Gasteiger partial charge in [-0.1, -0.05) is 17.7 Å². The predicted molar refractivity (Wildman–Crippen MR) is 75.7 cm³/mol. The first-order valence-electron chi connectivity index (χ1n) is 6.49. The third-order valence-electron chi connectivity index (χ3n) is 3.47. The summed E-state index contributed by atoms with van der Waals surface area (Å²) in [5, 5.41) is 19.4. The molecular formula is C14H20ClNO3. The maximum Gasteiger partial charge on any atom is 0.0981 e. The van der Waals surface area contributed by atoms with Crippen molar-refractivity contribution < 1.29 is 14.9 Å². The molecule has 1 aliphatic rings. The molecule has 1 heterocycles. The molecule has 0 amide bonds. The maximum absolute atomic E-state index is 9.56. The largest absolute Gasteiger partial charge is 0.394 e. The van der Waals surface area contributed by atoms with Crippen LogP contribution < -0.4 is 4.90 Å². The van der Waals surface area contributed by atoms with Gasteiger partial charge >= 0.3 is 0 Å². The molecule has 3 atom stereocenters. The second-order valence-electron chi connectivity index (χ2n) is 5.03. The number of aliphatic hydroxyl groups excluding tert-OH is 2. The molecule has 0 spiro atoms. The topological polar surface area (TPSA) is 52.9 Å². The van der Waals surface area contributed by atoms with Gasteiger partial charge in [0.15, 0.2) is 0 Å². The van der Waals surface area contributed by atoms with E-state index in [9.17, 15) is 10.2 Å². The number of morpholine rings is 1. The van der Waals surface area contributed by atoms with Crippen molar-refractivity contribution in [3.63, 3.8) is 0 Å². The Kier molecular flexibility index (Phi) is 4.68. The van der Waals surface area contributed by atoms with Crippen molar-refractivity contribution in [1.29, 1.82) is 0 Å². The fraction of sp³-hybridized carbons (Fsp3) is 0.571. The zero-order chi connectivity index (χ0) is 14.0. The number of halogens is 1. The van der Waals surface area contributed by atoms with Crippen LogP contribution in [0.15, 0.2) is 18.2 Å². The molecule has 1 aliphatic heterocycles. The Bertz CT molecular complexity index is 439. The molecule has 4 nitrogen and oxygen atoms in total. The normalized spacial score (nSPS) is 25.4. The average Bonchev–Trinajstić information content (AvgIpc) is 2.39. The molecule has 0 aliphatic carbocycles. The molecule has 1 saturated heterocycles. The van der Waals surface area contributed by atoms with Crippen molar-refractivity contribution in [3.8, 4) is 0 Å². The van der Waals surface area contributed by atoms with Gasteiger partial charge in [-0.15, -0.1) is 0 Å². The van der Waals surface area contributed by atoms with E-state index in [1.54, 1.807) is 13.0 Å². The van der Waals surface area contributed by atoms with Crippen molar-refractivity contribution in [2.45, 2.75) is 32.1 Å². The zero-order valence-electron chi connectivity index (χ0n) is 11.2. The van der Waals surface area contributed by atoms with Crippen molar-refractivity contribution in [2.24, 2.45) is 0 Å². The van der Waals surface area contributed by atoms with Crippen LogP contribution >= 0.6 is 11.6 Å². The summed E-state index contributed by atoms with van der Waals surface area (Å²) < 4.78 is 5.52. The molecule has 0 radical (unpaired) electrons. The van der Waals surface area contributed by atoms with Gasteiger partial charge in [-0.2, -0.15) is 0 Å². The second-order valence-corrected chi connectivity index (χ2v) is 5.43. The maximum atomic E-state index is 9.56. The number of benzene rings is 1. The van der Waals surface area contributed by atoms with Gasteiger partial charge in [0.2, 0.25) is 0 Å². The van der Waals surface area contributed by atoms with Crippen LogP contribution in [0.25, 0.3) is 0 Å². The Hall–Kier alpha value is -0.810. The Labute approximate surface area is 118 Å². The van der Waals surface area contributed by atoms with E-state index in [4.69, 9.17) is 16.3 Å². The van der Waals surface area contributed by atoms with Crippen LogP contribution in [0.3, 0.4) is 0 Å². The summed E-state index contributed by atoms with van der Waals surface area (Å²) >= 11 is 6.31. The van der Waals surface area contributed by atoms with Crippen LogP contribution in [-0.2, 0) is 4.74 Å². The van der Waals surface area contributed by atoms with E-state index in [-0.39, 0.29) is 18.8 Å². The molecule has 0 saturated carbocycles. The van der Waals surface area contributed by atoms with Crippen LogP contribution in [0.1, 0.15) is 25.5 Å². The van der Waals surface area contributed by atoms with Crippen LogP contribution in [0.4, 0.5) is 5.69 Å². The minimum Gasteiger partial charge on any atom is -0.394 e. The van der Waals surface area contributed by atoms with Gasteiger partial charge in [-0.25, -0.2) is 0 Å². The monoisotopic (exact) mass is 285 g/mol. The highest BCUT2D eigenvalue weighted by Crippen LogP contribution is 2.31. The molecule has 1 fully saturated rings. The van der Waals surface area contributed by atoms with E-state index in [2.05, 4.69) is 11.8 Å². The smallest absolute Gasteiger partial charge is 0.0981 e. The van der Waals surface area contributed by atoms with Gasteiger partial charge < -0.3 is 19.8 Å². The van der Waals surface area contributed by atoms with Crippen molar-refractivity contribution in [1.82, 2.24) is 0 Å². The quantitative estimate of drug-likeness (QED) is 0.892. The highest BCUT2D eigenvalue weighted by Gasteiger charge is 2.27. The van der Waals surface area contributed by atoms with Gasteiger partial charge in [0.1, 0.15) is 0 Å². The van der Waals surface area contributed by atoms with E-state index in [0.717, 1.165) is 11.3 Å². The summed E-state index contributed by atoms with van der Waals surface area (Å²) in [5.74, 6) is 0. The Balaban J connectivity index is 2.24. The Morgan fingerprint density at radius 2 is 2.26 bits per heavy atom. The lowest BCUT2D eigenvalue weighted by atomic mass is 10.1. The number of rotatable bonds is 3. The number of hydrogen-bond donors (Lipinski definition) is 2. The second kappa shape index (κ2) is 6.09. The fourth-order valence-corrected chi connectivity index (χ4v) is 2.58. The molecule has 5 heteroatoms. The number of aliphatic hydroxyl groups is 2. The minimum atomic E-state index is -0.529. The van der Waals surface area contributed by atoms with E-state index in [1.807, 2.05) is 12.1 Å². The fourth-order valence-electron chi connectivity index (χ4n) is 2.28. The summed E-state index contributed by atoms with van der Waals surface area (Å²) in [6.45, 7) is 4.97. The van der Waals surface area contributed by atoms with Gasteiger partial charge in [0, 0.05) is 12.6 Å². The highest BCUT2D eigenvalue weighted by molar-refractivity contribution is 6.33. The number of ether oxygens (including phenoxy) is 1. The SMILES string of the molecule is CC(O)c1ccc(N2CC(CO)OCC2C)c(Cl)c1. The van der Waals surface area contributed by atoms with Crippen LogP contribution in [0, 0.1) is 0 Å². The summed E-state index contributed by atoms with van der Waals surface area (Å²) in [5.41, 5.74) is 1.72. The number of anilines is 1. The molecule has 19 heavy (non-hydrogen) atoms. The molecule has 2 rings (SSSR count). The lowest BCUT2D eigenvalue weighted by Gasteiger charge is -2.39. The van der Waals surface area contributed by atoms with Gasteiger partial charge in [-0.05, 0) is 31.5 Å². The first-order chi connectivity index (χ1) is 9.02. The van der Waals surface area contributed by atoms with E-state index < -0.39 is 6.10 Å². The summed E-state index contributed by atoms with van der Waals surface area (Å²) in [6.07, 6.45) is -0.706. The highest BCUT2D eigenvalue weighted by atomic mass is 35.5.